The minimum atomic E-state index is -0.776. The Morgan fingerprint density at radius 3 is 0.770 bits per heavy atom. The molecule has 0 saturated heterocycles. The minimum Gasteiger partial charge on any atom is -0.462 e. The predicted molar refractivity (Wildman–Crippen MR) is 321 cm³/mol. The molecule has 0 saturated carbocycles. The van der Waals surface area contributed by atoms with Crippen LogP contribution in [0.3, 0.4) is 0 Å². The Balaban J connectivity index is 3.92. The van der Waals surface area contributed by atoms with Gasteiger partial charge in [0.05, 0.1) is 0 Å². The van der Waals surface area contributed by atoms with E-state index in [4.69, 9.17) is 14.2 Å². The van der Waals surface area contributed by atoms with Crippen LogP contribution in [0.4, 0.5) is 0 Å². The first-order valence-electron chi connectivity index (χ1n) is 33.0. The lowest BCUT2D eigenvalue weighted by Gasteiger charge is -2.18. The number of hydrogen-bond donors (Lipinski definition) is 0. The molecule has 0 fully saturated rings. The summed E-state index contributed by atoms with van der Waals surface area (Å²) in [6.07, 6.45) is 77.8. The van der Waals surface area contributed by atoms with E-state index in [9.17, 15) is 14.4 Å². The van der Waals surface area contributed by atoms with Crippen LogP contribution in [-0.2, 0) is 28.6 Å². The van der Waals surface area contributed by atoms with Crippen LogP contribution in [0, 0.1) is 0 Å². The van der Waals surface area contributed by atoms with Crippen molar-refractivity contribution in [2.75, 3.05) is 13.2 Å². The van der Waals surface area contributed by atoms with Gasteiger partial charge in [-0.15, -0.1) is 0 Å². The van der Waals surface area contributed by atoms with Crippen LogP contribution in [-0.4, -0.2) is 37.2 Å². The van der Waals surface area contributed by atoms with Crippen molar-refractivity contribution in [2.45, 2.75) is 367 Å². The molecule has 0 aromatic rings. The third-order valence-corrected chi connectivity index (χ3v) is 14.8. The van der Waals surface area contributed by atoms with E-state index in [-0.39, 0.29) is 31.1 Å². The van der Waals surface area contributed by atoms with E-state index in [1.807, 2.05) is 0 Å². The van der Waals surface area contributed by atoms with Gasteiger partial charge in [-0.1, -0.05) is 295 Å². The Kier molecular flexibility index (Phi) is 61.1. The molecule has 0 aliphatic rings. The summed E-state index contributed by atoms with van der Waals surface area (Å²) in [7, 11) is 0. The molecule has 0 amide bonds. The van der Waals surface area contributed by atoms with Gasteiger partial charge in [-0.25, -0.2) is 0 Å². The number of rotatable bonds is 61. The Morgan fingerprint density at radius 2 is 0.486 bits per heavy atom. The van der Waals surface area contributed by atoms with Gasteiger partial charge in [0, 0.05) is 19.3 Å². The van der Waals surface area contributed by atoms with Gasteiger partial charge < -0.3 is 14.2 Å². The summed E-state index contributed by atoms with van der Waals surface area (Å²) < 4.78 is 16.8. The lowest BCUT2D eigenvalue weighted by Crippen LogP contribution is -2.30. The largest absolute Gasteiger partial charge is 0.462 e. The fourth-order valence-corrected chi connectivity index (χ4v) is 9.84. The second-order valence-electron chi connectivity index (χ2n) is 22.4. The maximum atomic E-state index is 12.8. The van der Waals surface area contributed by atoms with E-state index in [0.29, 0.717) is 19.3 Å². The SMILES string of the molecule is CCC/C=C\CCCCCCCC(=O)OCC(COC(=O)CCCCCCCCCCCCCCCCCCCCCCCCC/C=C\CCCCCCCCCC)OC(=O)CCCCCCC/C=C\CCCC. The molecule has 0 aliphatic heterocycles. The molecule has 0 radical (unpaired) electrons. The average Bonchev–Trinajstić information content (AvgIpc) is 3.40. The molecule has 1 atom stereocenters. The van der Waals surface area contributed by atoms with Gasteiger partial charge in [0.15, 0.2) is 6.10 Å². The number of hydrogen-bond acceptors (Lipinski definition) is 6. The highest BCUT2D eigenvalue weighted by molar-refractivity contribution is 5.71. The van der Waals surface area contributed by atoms with Gasteiger partial charge in [-0.3, -0.25) is 14.4 Å². The van der Waals surface area contributed by atoms with Crippen molar-refractivity contribution < 1.29 is 28.6 Å². The van der Waals surface area contributed by atoms with Crippen LogP contribution < -0.4 is 0 Å². The third-order valence-electron chi connectivity index (χ3n) is 14.8. The fourth-order valence-electron chi connectivity index (χ4n) is 9.84. The summed E-state index contributed by atoms with van der Waals surface area (Å²) in [5.41, 5.74) is 0. The number of esters is 3. The number of carbonyl (C=O) groups is 3. The van der Waals surface area contributed by atoms with Crippen molar-refractivity contribution in [3.05, 3.63) is 36.5 Å². The highest BCUT2D eigenvalue weighted by Crippen LogP contribution is 2.18. The Hall–Kier alpha value is -2.37. The summed E-state index contributed by atoms with van der Waals surface area (Å²) in [5.74, 6) is -0.880. The molecule has 74 heavy (non-hydrogen) atoms. The zero-order valence-electron chi connectivity index (χ0n) is 49.9. The molecule has 0 heterocycles. The molecule has 434 valence electrons. The zero-order chi connectivity index (χ0) is 53.6. The zero-order valence-corrected chi connectivity index (χ0v) is 49.9. The van der Waals surface area contributed by atoms with Crippen LogP contribution in [0.1, 0.15) is 361 Å². The van der Waals surface area contributed by atoms with Gasteiger partial charge in [0.25, 0.3) is 0 Å². The lowest BCUT2D eigenvalue weighted by molar-refractivity contribution is -0.167. The fraction of sp³-hybridized carbons (Fsp3) is 0.868. The van der Waals surface area contributed by atoms with Gasteiger partial charge in [-0.2, -0.15) is 0 Å². The van der Waals surface area contributed by atoms with Crippen molar-refractivity contribution in [1.82, 2.24) is 0 Å². The maximum Gasteiger partial charge on any atom is 0.306 e. The molecule has 0 aromatic carbocycles. The van der Waals surface area contributed by atoms with Crippen molar-refractivity contribution in [2.24, 2.45) is 0 Å². The van der Waals surface area contributed by atoms with Crippen LogP contribution >= 0.6 is 0 Å². The first kappa shape index (κ1) is 71.6. The van der Waals surface area contributed by atoms with Crippen LogP contribution in [0.2, 0.25) is 0 Å². The molecular formula is C68H126O6. The lowest BCUT2D eigenvalue weighted by atomic mass is 10.0. The van der Waals surface area contributed by atoms with E-state index in [0.717, 1.165) is 83.5 Å². The van der Waals surface area contributed by atoms with E-state index >= 15 is 0 Å². The Morgan fingerprint density at radius 1 is 0.257 bits per heavy atom. The normalized spacial score (nSPS) is 12.2. The molecule has 0 rings (SSSR count). The third kappa shape index (κ3) is 60.5. The second kappa shape index (κ2) is 63.2. The van der Waals surface area contributed by atoms with E-state index in [2.05, 4.69) is 57.2 Å². The van der Waals surface area contributed by atoms with Gasteiger partial charge in [0.1, 0.15) is 13.2 Å². The highest BCUT2D eigenvalue weighted by Gasteiger charge is 2.19. The first-order chi connectivity index (χ1) is 36.5. The standard InChI is InChI=1S/C68H126O6/c1-4-7-10-13-16-19-22-23-24-25-26-27-28-29-30-31-32-33-34-35-36-37-38-39-40-41-42-43-44-45-47-49-52-55-58-61-67(70)73-64-65(63-72-66(69)60-57-54-51-48-21-18-15-12-9-6-3)74-68(71)62-59-56-53-50-46-20-17-14-11-8-5-2/h12,14-15,17,25-26,65H,4-11,13,16,18-24,27-64H2,1-3H3/b15-12-,17-14-,26-25-. The number of ether oxygens (including phenoxy) is 3. The number of allylic oxidation sites excluding steroid dienone is 6. The van der Waals surface area contributed by atoms with Crippen LogP contribution in [0.5, 0.6) is 0 Å². The molecule has 6 heteroatoms. The summed E-state index contributed by atoms with van der Waals surface area (Å²) >= 11 is 0. The quantitative estimate of drug-likeness (QED) is 0.0261. The number of carbonyl (C=O) groups excluding carboxylic acids is 3. The van der Waals surface area contributed by atoms with E-state index in [1.54, 1.807) is 0 Å². The van der Waals surface area contributed by atoms with Gasteiger partial charge in [-0.05, 0) is 83.5 Å². The molecule has 0 N–H and O–H groups in total. The molecule has 0 aliphatic carbocycles. The summed E-state index contributed by atoms with van der Waals surface area (Å²) in [6.45, 7) is 6.56. The van der Waals surface area contributed by atoms with Gasteiger partial charge in [0.2, 0.25) is 0 Å². The van der Waals surface area contributed by atoms with Crippen molar-refractivity contribution >= 4 is 17.9 Å². The molecule has 0 aromatic heterocycles. The molecule has 0 bridgehead atoms. The maximum absolute atomic E-state index is 12.8. The number of unbranched alkanes of at least 4 members (excludes halogenated alkanes) is 44. The molecule has 1 unspecified atom stereocenters. The topological polar surface area (TPSA) is 78.9 Å². The average molecular weight is 1040 g/mol. The summed E-state index contributed by atoms with van der Waals surface area (Å²) in [4.78, 5) is 38.0. The molecule has 6 nitrogen and oxygen atoms in total. The monoisotopic (exact) mass is 1040 g/mol. The molecule has 0 spiro atoms. The Bertz CT molecular complexity index is 1240. The smallest absolute Gasteiger partial charge is 0.306 e. The van der Waals surface area contributed by atoms with E-state index < -0.39 is 6.10 Å². The van der Waals surface area contributed by atoms with Gasteiger partial charge >= 0.3 is 17.9 Å². The minimum absolute atomic E-state index is 0.0745. The molecular weight excluding hydrogens is 913 g/mol. The predicted octanol–water partition coefficient (Wildman–Crippen LogP) is 22.4. The van der Waals surface area contributed by atoms with Crippen molar-refractivity contribution in [1.29, 1.82) is 0 Å². The summed E-state index contributed by atoms with van der Waals surface area (Å²) in [6, 6.07) is 0. The Labute approximate surface area is 461 Å². The van der Waals surface area contributed by atoms with Crippen LogP contribution in [0.15, 0.2) is 36.5 Å². The van der Waals surface area contributed by atoms with Crippen molar-refractivity contribution in [3.8, 4) is 0 Å². The second-order valence-corrected chi connectivity index (χ2v) is 22.4. The van der Waals surface area contributed by atoms with Crippen molar-refractivity contribution in [3.63, 3.8) is 0 Å². The highest BCUT2D eigenvalue weighted by atomic mass is 16.6. The van der Waals surface area contributed by atoms with Crippen LogP contribution in [0.25, 0.3) is 0 Å². The summed E-state index contributed by atoms with van der Waals surface area (Å²) in [5, 5.41) is 0. The van der Waals surface area contributed by atoms with E-state index in [1.165, 1.54) is 238 Å². The first-order valence-corrected chi connectivity index (χ1v) is 33.0.